The van der Waals surface area contributed by atoms with Crippen LogP contribution in [0.1, 0.15) is 37.5 Å². The van der Waals surface area contributed by atoms with Gasteiger partial charge in [-0.3, -0.25) is 9.48 Å². The SMILES string of the molecule is COC(=O)c1cc(NC(=O)CCn2cc(C(=O)O)cn2)cc(C(=O)OC)c1. The summed E-state index contributed by atoms with van der Waals surface area (Å²) in [5.74, 6) is -2.87. The fraction of sp³-hybridized carbons (Fsp3) is 0.235. The van der Waals surface area contributed by atoms with Crippen LogP contribution in [-0.2, 0) is 20.8 Å². The number of carbonyl (C=O) groups excluding carboxylic acids is 3. The van der Waals surface area contributed by atoms with Gasteiger partial charge in [0.15, 0.2) is 0 Å². The largest absolute Gasteiger partial charge is 0.478 e. The number of methoxy groups -OCH3 is 2. The van der Waals surface area contributed by atoms with Gasteiger partial charge >= 0.3 is 17.9 Å². The fourth-order valence-electron chi connectivity index (χ4n) is 2.21. The van der Waals surface area contributed by atoms with E-state index in [4.69, 9.17) is 5.11 Å². The number of anilines is 1. The van der Waals surface area contributed by atoms with Crippen molar-refractivity contribution in [1.29, 1.82) is 0 Å². The van der Waals surface area contributed by atoms with E-state index in [0.29, 0.717) is 0 Å². The summed E-state index contributed by atoms with van der Waals surface area (Å²) >= 11 is 0. The molecule has 1 aromatic heterocycles. The molecule has 2 N–H and O–H groups in total. The average molecular weight is 375 g/mol. The van der Waals surface area contributed by atoms with E-state index in [0.717, 1.165) is 0 Å². The molecule has 0 saturated heterocycles. The number of amides is 1. The lowest BCUT2D eigenvalue weighted by Crippen LogP contribution is -2.16. The van der Waals surface area contributed by atoms with Crippen molar-refractivity contribution >= 4 is 29.5 Å². The molecule has 0 fully saturated rings. The van der Waals surface area contributed by atoms with Gasteiger partial charge in [-0.25, -0.2) is 14.4 Å². The Morgan fingerprint density at radius 1 is 1.04 bits per heavy atom. The van der Waals surface area contributed by atoms with Crippen LogP contribution in [-0.4, -0.2) is 52.9 Å². The second kappa shape index (κ2) is 8.61. The van der Waals surface area contributed by atoms with Gasteiger partial charge in [0.1, 0.15) is 0 Å². The number of aryl methyl sites for hydroxylation is 1. The van der Waals surface area contributed by atoms with Crippen LogP contribution in [0.25, 0.3) is 0 Å². The molecule has 2 aromatic rings. The van der Waals surface area contributed by atoms with E-state index in [1.54, 1.807) is 0 Å². The monoisotopic (exact) mass is 375 g/mol. The van der Waals surface area contributed by atoms with Gasteiger partial charge in [-0.1, -0.05) is 0 Å². The maximum Gasteiger partial charge on any atom is 0.338 e. The number of esters is 2. The molecule has 10 heteroatoms. The zero-order valence-corrected chi connectivity index (χ0v) is 14.6. The maximum absolute atomic E-state index is 12.1. The smallest absolute Gasteiger partial charge is 0.338 e. The Morgan fingerprint density at radius 3 is 2.11 bits per heavy atom. The third-order valence-electron chi connectivity index (χ3n) is 3.51. The number of aromatic nitrogens is 2. The van der Waals surface area contributed by atoms with E-state index in [2.05, 4.69) is 19.9 Å². The Hall–Kier alpha value is -3.69. The number of carboxylic acids is 1. The predicted molar refractivity (Wildman–Crippen MR) is 91.6 cm³/mol. The number of carboxylic acid groups (broad SMARTS) is 1. The Balaban J connectivity index is 2.09. The average Bonchev–Trinajstić information content (AvgIpc) is 3.14. The van der Waals surface area contributed by atoms with Crippen LogP contribution in [0.3, 0.4) is 0 Å². The minimum Gasteiger partial charge on any atom is -0.478 e. The standard InChI is InChI=1S/C17H17N3O7/c1-26-16(24)10-5-11(17(25)27-2)7-13(6-10)19-14(21)3-4-20-9-12(8-18-20)15(22)23/h5-9H,3-4H2,1-2H3,(H,19,21)(H,22,23). The van der Waals surface area contributed by atoms with E-state index in [9.17, 15) is 19.2 Å². The van der Waals surface area contributed by atoms with E-state index in [1.165, 1.54) is 49.5 Å². The summed E-state index contributed by atoms with van der Waals surface area (Å²) in [6.45, 7) is 0.152. The summed E-state index contributed by atoms with van der Waals surface area (Å²) < 4.78 is 10.6. The van der Waals surface area contributed by atoms with Crippen molar-refractivity contribution in [2.75, 3.05) is 19.5 Å². The van der Waals surface area contributed by atoms with Crippen molar-refractivity contribution in [3.05, 3.63) is 47.3 Å². The first-order valence-corrected chi connectivity index (χ1v) is 7.71. The van der Waals surface area contributed by atoms with Crippen LogP contribution >= 0.6 is 0 Å². The molecule has 27 heavy (non-hydrogen) atoms. The molecule has 0 aliphatic carbocycles. The number of benzene rings is 1. The Kier molecular flexibility index (Phi) is 6.26. The maximum atomic E-state index is 12.1. The molecule has 0 spiro atoms. The number of nitrogens with zero attached hydrogens (tertiary/aromatic N) is 2. The second-order valence-electron chi connectivity index (χ2n) is 5.38. The van der Waals surface area contributed by atoms with Gasteiger partial charge in [-0.05, 0) is 18.2 Å². The highest BCUT2D eigenvalue weighted by molar-refractivity contribution is 5.99. The summed E-state index contributed by atoms with van der Waals surface area (Å²) in [5, 5.41) is 15.3. The summed E-state index contributed by atoms with van der Waals surface area (Å²) in [4.78, 5) is 46.4. The Bertz CT molecular complexity index is 854. The first-order valence-electron chi connectivity index (χ1n) is 7.71. The van der Waals surface area contributed by atoms with Gasteiger partial charge in [0.2, 0.25) is 5.91 Å². The lowest BCUT2D eigenvalue weighted by molar-refractivity contribution is -0.116. The molecule has 1 amide bonds. The minimum atomic E-state index is -1.11. The summed E-state index contributed by atoms with van der Waals surface area (Å²) in [6, 6.07) is 4.03. The van der Waals surface area contributed by atoms with Crippen molar-refractivity contribution in [2.24, 2.45) is 0 Å². The zero-order chi connectivity index (χ0) is 20.0. The van der Waals surface area contributed by atoms with Gasteiger partial charge in [0.25, 0.3) is 0 Å². The normalized spacial score (nSPS) is 10.1. The first-order chi connectivity index (χ1) is 12.8. The number of nitrogens with one attached hydrogen (secondary N) is 1. The van der Waals surface area contributed by atoms with E-state index < -0.39 is 23.8 Å². The van der Waals surface area contributed by atoms with Gasteiger partial charge in [0, 0.05) is 24.8 Å². The number of aromatic carboxylic acids is 1. The third-order valence-corrected chi connectivity index (χ3v) is 3.51. The van der Waals surface area contributed by atoms with Gasteiger partial charge in [-0.15, -0.1) is 0 Å². The number of hydrogen-bond acceptors (Lipinski definition) is 7. The molecule has 0 saturated carbocycles. The minimum absolute atomic E-state index is 0.00323. The molecular formula is C17H17N3O7. The second-order valence-corrected chi connectivity index (χ2v) is 5.38. The van der Waals surface area contributed by atoms with Crippen LogP contribution in [0.4, 0.5) is 5.69 Å². The summed E-state index contributed by atoms with van der Waals surface area (Å²) in [5.41, 5.74) is 0.390. The van der Waals surface area contributed by atoms with Gasteiger partial charge in [0.05, 0.1) is 37.1 Å². The summed E-state index contributed by atoms with van der Waals surface area (Å²) in [7, 11) is 2.39. The van der Waals surface area contributed by atoms with Crippen LogP contribution in [0, 0.1) is 0 Å². The Labute approximate surface area is 153 Å². The van der Waals surface area contributed by atoms with Crippen LogP contribution < -0.4 is 5.32 Å². The zero-order valence-electron chi connectivity index (χ0n) is 14.6. The Morgan fingerprint density at radius 2 is 1.63 bits per heavy atom. The molecule has 0 unspecified atom stereocenters. The topological polar surface area (TPSA) is 137 Å². The highest BCUT2D eigenvalue weighted by Gasteiger charge is 2.15. The lowest BCUT2D eigenvalue weighted by atomic mass is 10.1. The fourth-order valence-corrected chi connectivity index (χ4v) is 2.21. The molecule has 1 heterocycles. The lowest BCUT2D eigenvalue weighted by Gasteiger charge is -2.09. The van der Waals surface area contributed by atoms with Crippen LogP contribution in [0.15, 0.2) is 30.6 Å². The predicted octanol–water partition coefficient (Wildman–Crippen LogP) is 1.18. The van der Waals surface area contributed by atoms with E-state index >= 15 is 0 Å². The van der Waals surface area contributed by atoms with Crippen molar-refractivity contribution in [3.8, 4) is 0 Å². The quantitative estimate of drug-likeness (QED) is 0.688. The van der Waals surface area contributed by atoms with Crippen molar-refractivity contribution in [2.45, 2.75) is 13.0 Å². The molecule has 2 rings (SSSR count). The molecule has 0 atom stereocenters. The number of carbonyl (C=O) groups is 4. The molecule has 0 bridgehead atoms. The summed E-state index contributed by atoms with van der Waals surface area (Å²) in [6.07, 6.45) is 2.49. The molecule has 0 aliphatic heterocycles. The van der Waals surface area contributed by atoms with Crippen LogP contribution in [0.5, 0.6) is 0 Å². The highest BCUT2D eigenvalue weighted by atomic mass is 16.5. The number of hydrogen-bond donors (Lipinski definition) is 2. The third kappa shape index (κ3) is 5.14. The first kappa shape index (κ1) is 19.6. The van der Waals surface area contributed by atoms with Crippen molar-refractivity contribution in [1.82, 2.24) is 9.78 Å². The van der Waals surface area contributed by atoms with E-state index in [-0.39, 0.29) is 35.3 Å². The highest BCUT2D eigenvalue weighted by Crippen LogP contribution is 2.17. The molecule has 1 aromatic carbocycles. The van der Waals surface area contributed by atoms with Crippen molar-refractivity contribution in [3.63, 3.8) is 0 Å². The van der Waals surface area contributed by atoms with Crippen molar-refractivity contribution < 1.29 is 33.8 Å². The number of ether oxygens (including phenoxy) is 2. The number of rotatable bonds is 7. The van der Waals surface area contributed by atoms with Gasteiger partial charge < -0.3 is 19.9 Å². The molecule has 10 nitrogen and oxygen atoms in total. The molecule has 142 valence electrons. The molecule has 0 aliphatic rings. The van der Waals surface area contributed by atoms with Crippen LogP contribution in [0.2, 0.25) is 0 Å². The van der Waals surface area contributed by atoms with Gasteiger partial charge in [-0.2, -0.15) is 5.10 Å². The molecular weight excluding hydrogens is 358 g/mol. The van der Waals surface area contributed by atoms with E-state index in [1.807, 2.05) is 0 Å². The molecule has 0 radical (unpaired) electrons.